The van der Waals surface area contributed by atoms with Gasteiger partial charge in [0, 0.05) is 23.9 Å². The SMILES string of the molecule is COCCOc1cc(N(CC(=O)Nc2ccc(F)cc2)S(=O)(=O)c2ccc(Cl)cc2)c(Cl)cc1Cl. The van der Waals surface area contributed by atoms with Gasteiger partial charge in [0.25, 0.3) is 10.0 Å². The van der Waals surface area contributed by atoms with Gasteiger partial charge in [0.15, 0.2) is 0 Å². The lowest BCUT2D eigenvalue weighted by molar-refractivity contribution is -0.114. The van der Waals surface area contributed by atoms with Crippen LogP contribution in [0.2, 0.25) is 15.1 Å². The lowest BCUT2D eigenvalue weighted by Crippen LogP contribution is -2.38. The van der Waals surface area contributed by atoms with Crippen LogP contribution in [0.5, 0.6) is 5.75 Å². The average Bonchev–Trinajstić information content (AvgIpc) is 2.81. The molecule has 3 aromatic carbocycles. The van der Waals surface area contributed by atoms with Gasteiger partial charge in [-0.25, -0.2) is 12.8 Å². The molecule has 186 valence electrons. The summed E-state index contributed by atoms with van der Waals surface area (Å²) in [7, 11) is -2.80. The Morgan fingerprint density at radius 3 is 2.26 bits per heavy atom. The van der Waals surface area contributed by atoms with Crippen LogP contribution in [0, 0.1) is 5.82 Å². The molecule has 0 saturated heterocycles. The molecular formula is C23H20Cl3FN2O5S. The van der Waals surface area contributed by atoms with Crippen LogP contribution in [0.3, 0.4) is 0 Å². The number of rotatable bonds is 10. The van der Waals surface area contributed by atoms with Gasteiger partial charge in [0.1, 0.15) is 24.7 Å². The number of hydrogen-bond acceptors (Lipinski definition) is 5. The van der Waals surface area contributed by atoms with Crippen LogP contribution in [-0.2, 0) is 19.6 Å². The third kappa shape index (κ3) is 6.99. The molecule has 3 rings (SSSR count). The Hall–Kier alpha value is -2.56. The van der Waals surface area contributed by atoms with Gasteiger partial charge in [-0.1, -0.05) is 34.8 Å². The van der Waals surface area contributed by atoms with Gasteiger partial charge in [-0.05, 0) is 54.6 Å². The minimum Gasteiger partial charge on any atom is -0.490 e. The highest BCUT2D eigenvalue weighted by Gasteiger charge is 2.30. The smallest absolute Gasteiger partial charge is 0.264 e. The topological polar surface area (TPSA) is 84.9 Å². The van der Waals surface area contributed by atoms with E-state index in [0.717, 1.165) is 16.4 Å². The number of halogens is 4. The summed E-state index contributed by atoms with van der Waals surface area (Å²) < 4.78 is 51.7. The van der Waals surface area contributed by atoms with Crippen LogP contribution < -0.4 is 14.4 Å². The number of sulfonamides is 1. The molecule has 35 heavy (non-hydrogen) atoms. The van der Waals surface area contributed by atoms with Crippen molar-refractivity contribution in [3.63, 3.8) is 0 Å². The molecule has 12 heteroatoms. The number of methoxy groups -OCH3 is 1. The number of anilines is 2. The van der Waals surface area contributed by atoms with Crippen molar-refractivity contribution >= 4 is 62.1 Å². The van der Waals surface area contributed by atoms with Crippen LogP contribution in [0.15, 0.2) is 65.6 Å². The minimum absolute atomic E-state index is 0.0267. The van der Waals surface area contributed by atoms with Gasteiger partial charge >= 0.3 is 0 Å². The summed E-state index contributed by atoms with van der Waals surface area (Å²) in [6.07, 6.45) is 0. The fourth-order valence-electron chi connectivity index (χ4n) is 2.95. The number of ether oxygens (including phenoxy) is 2. The number of nitrogens with zero attached hydrogens (tertiary/aromatic N) is 1. The van der Waals surface area contributed by atoms with Gasteiger partial charge in [-0.15, -0.1) is 0 Å². The molecule has 0 aliphatic heterocycles. The monoisotopic (exact) mass is 560 g/mol. The Morgan fingerprint density at radius 2 is 1.63 bits per heavy atom. The maximum Gasteiger partial charge on any atom is 0.264 e. The molecule has 7 nitrogen and oxygen atoms in total. The molecule has 3 aromatic rings. The largest absolute Gasteiger partial charge is 0.490 e. The van der Waals surface area contributed by atoms with E-state index in [1.165, 1.54) is 55.6 Å². The van der Waals surface area contributed by atoms with Crippen LogP contribution in [-0.4, -0.2) is 41.2 Å². The number of benzene rings is 3. The maximum atomic E-state index is 13.6. The Balaban J connectivity index is 2.02. The zero-order valence-electron chi connectivity index (χ0n) is 18.3. The molecule has 0 saturated carbocycles. The Bertz CT molecular complexity index is 1290. The summed E-state index contributed by atoms with van der Waals surface area (Å²) >= 11 is 18.5. The maximum absolute atomic E-state index is 13.6. The summed E-state index contributed by atoms with van der Waals surface area (Å²) in [4.78, 5) is 12.7. The van der Waals surface area contributed by atoms with Gasteiger partial charge in [0.05, 0.1) is 27.2 Å². The molecule has 0 heterocycles. The first kappa shape index (κ1) is 27.0. The fraction of sp³-hybridized carbons (Fsp3) is 0.174. The molecule has 0 radical (unpaired) electrons. The molecule has 0 bridgehead atoms. The number of amides is 1. The third-order valence-electron chi connectivity index (χ3n) is 4.63. The first-order valence-electron chi connectivity index (χ1n) is 10.1. The Kier molecular flexibility index (Phi) is 9.21. The molecule has 0 spiro atoms. The predicted molar refractivity (Wildman–Crippen MR) is 135 cm³/mol. The zero-order chi connectivity index (χ0) is 25.6. The quantitative estimate of drug-likeness (QED) is 0.324. The van der Waals surface area contributed by atoms with E-state index in [2.05, 4.69) is 5.32 Å². The van der Waals surface area contributed by atoms with Gasteiger partial charge < -0.3 is 14.8 Å². The number of carbonyl (C=O) groups excluding carboxylic acids is 1. The van der Waals surface area contributed by atoms with E-state index in [-0.39, 0.29) is 45.3 Å². The highest BCUT2D eigenvalue weighted by atomic mass is 35.5. The van der Waals surface area contributed by atoms with E-state index in [1.54, 1.807) is 0 Å². The summed E-state index contributed by atoms with van der Waals surface area (Å²) in [5.74, 6) is -1.02. The van der Waals surface area contributed by atoms with E-state index in [9.17, 15) is 17.6 Å². The summed E-state index contributed by atoms with van der Waals surface area (Å²) in [6, 6.07) is 13.1. The molecule has 0 unspecified atom stereocenters. The molecule has 0 fully saturated rings. The van der Waals surface area contributed by atoms with Crippen LogP contribution in [0.25, 0.3) is 0 Å². The van der Waals surface area contributed by atoms with Crippen molar-refractivity contribution in [2.45, 2.75) is 4.90 Å². The van der Waals surface area contributed by atoms with Crippen molar-refractivity contribution in [2.75, 3.05) is 36.5 Å². The second-order valence-corrected chi connectivity index (χ2v) is 10.2. The van der Waals surface area contributed by atoms with Crippen molar-refractivity contribution in [3.8, 4) is 5.75 Å². The second-order valence-electron chi connectivity index (χ2n) is 7.10. The van der Waals surface area contributed by atoms with E-state index in [4.69, 9.17) is 44.3 Å². The Labute approximate surface area is 217 Å². The van der Waals surface area contributed by atoms with Gasteiger partial charge in [-0.2, -0.15) is 0 Å². The predicted octanol–water partition coefficient (Wildman–Crippen LogP) is 5.65. The van der Waals surface area contributed by atoms with Gasteiger partial charge in [-0.3, -0.25) is 9.10 Å². The zero-order valence-corrected chi connectivity index (χ0v) is 21.4. The van der Waals surface area contributed by atoms with Crippen molar-refractivity contribution in [1.29, 1.82) is 0 Å². The summed E-state index contributed by atoms with van der Waals surface area (Å²) in [6.45, 7) is -0.241. The highest BCUT2D eigenvalue weighted by Crippen LogP contribution is 2.38. The molecule has 1 N–H and O–H groups in total. The molecule has 1 amide bonds. The number of hydrogen-bond donors (Lipinski definition) is 1. The molecule has 0 aromatic heterocycles. The second kappa shape index (κ2) is 11.9. The molecule has 0 aliphatic rings. The molecular weight excluding hydrogens is 542 g/mol. The van der Waals surface area contributed by atoms with E-state index >= 15 is 0 Å². The average molecular weight is 562 g/mol. The minimum atomic E-state index is -4.30. The Morgan fingerprint density at radius 1 is 0.971 bits per heavy atom. The fourth-order valence-corrected chi connectivity index (χ4v) is 5.10. The van der Waals surface area contributed by atoms with E-state index in [1.807, 2.05) is 0 Å². The first-order chi connectivity index (χ1) is 16.6. The summed E-state index contributed by atoms with van der Waals surface area (Å²) in [5, 5.41) is 3.00. The van der Waals surface area contributed by atoms with E-state index in [0.29, 0.717) is 5.02 Å². The number of nitrogens with one attached hydrogen (secondary N) is 1. The standard InChI is InChI=1S/C23H20Cl3FN2O5S/c1-33-10-11-34-22-13-21(19(25)12-20(22)26)29(35(31,32)18-8-2-15(24)3-9-18)14-23(30)28-17-6-4-16(27)5-7-17/h2-9,12-13H,10-11,14H2,1H3,(H,28,30). The van der Waals surface area contributed by atoms with Crippen molar-refractivity contribution in [2.24, 2.45) is 0 Å². The summed E-state index contributed by atoms with van der Waals surface area (Å²) in [5.41, 5.74) is 0.249. The van der Waals surface area contributed by atoms with Gasteiger partial charge in [0.2, 0.25) is 5.91 Å². The number of carbonyl (C=O) groups is 1. The van der Waals surface area contributed by atoms with Crippen molar-refractivity contribution in [3.05, 3.63) is 81.5 Å². The van der Waals surface area contributed by atoms with Crippen molar-refractivity contribution in [1.82, 2.24) is 0 Å². The van der Waals surface area contributed by atoms with Crippen molar-refractivity contribution < 1.29 is 27.1 Å². The van der Waals surface area contributed by atoms with Crippen LogP contribution >= 0.6 is 34.8 Å². The molecule has 0 atom stereocenters. The van der Waals surface area contributed by atoms with Crippen LogP contribution in [0.1, 0.15) is 0 Å². The first-order valence-corrected chi connectivity index (χ1v) is 12.6. The third-order valence-corrected chi connectivity index (χ3v) is 7.26. The lowest BCUT2D eigenvalue weighted by atomic mass is 10.3. The highest BCUT2D eigenvalue weighted by molar-refractivity contribution is 7.92. The lowest BCUT2D eigenvalue weighted by Gasteiger charge is -2.26. The van der Waals surface area contributed by atoms with E-state index < -0.39 is 28.3 Å². The molecule has 0 aliphatic carbocycles. The van der Waals surface area contributed by atoms with Crippen LogP contribution in [0.4, 0.5) is 15.8 Å². The normalized spacial score (nSPS) is 11.2.